The molecule has 0 aromatic heterocycles. The highest BCUT2D eigenvalue weighted by molar-refractivity contribution is 7.89. The zero-order chi connectivity index (χ0) is 25.2. The van der Waals surface area contributed by atoms with E-state index in [4.69, 9.17) is 9.47 Å². The number of methoxy groups -OCH3 is 2. The second kappa shape index (κ2) is 10.4. The first kappa shape index (κ1) is 25.2. The van der Waals surface area contributed by atoms with Gasteiger partial charge in [0, 0.05) is 19.1 Å². The molecule has 3 aromatic rings. The van der Waals surface area contributed by atoms with Crippen molar-refractivity contribution in [3.05, 3.63) is 88.7 Å². The summed E-state index contributed by atoms with van der Waals surface area (Å²) in [6.45, 7) is 5.05. The number of ether oxygens (including phenoxy) is 2. The number of halogens is 1. The average molecular weight is 499 g/mol. The predicted octanol–water partition coefficient (Wildman–Crippen LogP) is 4.62. The van der Waals surface area contributed by atoms with E-state index in [0.29, 0.717) is 24.6 Å². The Morgan fingerprint density at radius 1 is 1.03 bits per heavy atom. The molecular formula is C27H31FN2O4S. The van der Waals surface area contributed by atoms with E-state index in [0.717, 1.165) is 28.7 Å². The molecule has 35 heavy (non-hydrogen) atoms. The van der Waals surface area contributed by atoms with Gasteiger partial charge < -0.3 is 9.47 Å². The van der Waals surface area contributed by atoms with Crippen molar-refractivity contribution in [3.8, 4) is 11.5 Å². The normalized spacial score (nSPS) is 17.0. The molecule has 1 heterocycles. The molecule has 0 radical (unpaired) electrons. The van der Waals surface area contributed by atoms with Gasteiger partial charge in [-0.05, 0) is 73.4 Å². The standard InChI is InChI=1S/C27H31FN2O4S/c1-18-5-11-23(12-6-18)35(31,32)29-19(2)27-24-16-26(34-4)25(33-3)15-21(24)13-14-30(27)17-20-7-9-22(28)10-8-20/h5-12,15-16,19,27,29H,13-14,17H2,1-4H3/t19-,27-/m1/s1. The summed E-state index contributed by atoms with van der Waals surface area (Å²) < 4.78 is 53.9. The van der Waals surface area contributed by atoms with Crippen LogP contribution in [0.1, 0.15) is 35.2 Å². The number of sulfonamides is 1. The summed E-state index contributed by atoms with van der Waals surface area (Å²) in [7, 11) is -0.555. The largest absolute Gasteiger partial charge is 0.493 e. The van der Waals surface area contributed by atoms with Gasteiger partial charge in [0.2, 0.25) is 10.0 Å². The third-order valence-corrected chi connectivity index (χ3v) is 8.05. The summed E-state index contributed by atoms with van der Waals surface area (Å²) in [6, 6.07) is 16.4. The van der Waals surface area contributed by atoms with Gasteiger partial charge in [-0.1, -0.05) is 29.8 Å². The Morgan fingerprint density at radius 2 is 1.66 bits per heavy atom. The number of nitrogens with one attached hydrogen (secondary N) is 1. The van der Waals surface area contributed by atoms with Crippen LogP contribution in [0.15, 0.2) is 65.6 Å². The van der Waals surface area contributed by atoms with Crippen molar-refractivity contribution in [3.63, 3.8) is 0 Å². The average Bonchev–Trinajstić information content (AvgIpc) is 2.84. The number of rotatable bonds is 8. The lowest BCUT2D eigenvalue weighted by Crippen LogP contribution is -2.47. The third kappa shape index (κ3) is 5.50. The molecule has 0 saturated carbocycles. The fraction of sp³-hybridized carbons (Fsp3) is 0.333. The maximum atomic E-state index is 13.5. The number of hydrogen-bond acceptors (Lipinski definition) is 5. The van der Waals surface area contributed by atoms with E-state index in [9.17, 15) is 12.8 Å². The Morgan fingerprint density at radius 3 is 2.29 bits per heavy atom. The van der Waals surface area contributed by atoms with Gasteiger partial charge in [-0.15, -0.1) is 0 Å². The molecule has 3 aromatic carbocycles. The summed E-state index contributed by atoms with van der Waals surface area (Å²) in [5.74, 6) is 0.948. The number of nitrogens with zero attached hydrogens (tertiary/aromatic N) is 1. The van der Waals surface area contributed by atoms with Gasteiger partial charge in [-0.25, -0.2) is 17.5 Å². The number of aryl methyl sites for hydroxylation is 1. The van der Waals surface area contributed by atoms with Gasteiger partial charge in [-0.3, -0.25) is 4.90 Å². The molecule has 0 amide bonds. The fourth-order valence-corrected chi connectivity index (χ4v) is 5.96. The molecule has 0 unspecified atom stereocenters. The van der Waals surface area contributed by atoms with Gasteiger partial charge >= 0.3 is 0 Å². The monoisotopic (exact) mass is 498 g/mol. The summed E-state index contributed by atoms with van der Waals surface area (Å²) in [6.07, 6.45) is 0.769. The summed E-state index contributed by atoms with van der Waals surface area (Å²) in [4.78, 5) is 2.45. The smallest absolute Gasteiger partial charge is 0.240 e. The quantitative estimate of drug-likeness (QED) is 0.491. The van der Waals surface area contributed by atoms with Gasteiger partial charge in [-0.2, -0.15) is 0 Å². The highest BCUT2D eigenvalue weighted by atomic mass is 32.2. The fourth-order valence-electron chi connectivity index (χ4n) is 4.71. The van der Waals surface area contributed by atoms with Crippen molar-refractivity contribution in [2.24, 2.45) is 0 Å². The minimum atomic E-state index is -3.74. The molecule has 0 aliphatic carbocycles. The second-order valence-corrected chi connectivity index (χ2v) is 10.6. The first-order chi connectivity index (χ1) is 16.7. The molecule has 0 saturated heterocycles. The van der Waals surface area contributed by atoms with Gasteiger partial charge in [0.15, 0.2) is 11.5 Å². The molecule has 1 aliphatic rings. The van der Waals surface area contributed by atoms with E-state index in [2.05, 4.69) is 9.62 Å². The molecule has 0 fully saturated rings. The highest BCUT2D eigenvalue weighted by Gasteiger charge is 2.35. The van der Waals surface area contributed by atoms with Crippen LogP contribution in [0.5, 0.6) is 11.5 Å². The van der Waals surface area contributed by atoms with E-state index in [1.165, 1.54) is 12.1 Å². The minimum absolute atomic E-state index is 0.225. The van der Waals surface area contributed by atoms with Crippen LogP contribution in [0.4, 0.5) is 4.39 Å². The summed E-state index contributed by atoms with van der Waals surface area (Å²) in [5.41, 5.74) is 4.01. The van der Waals surface area contributed by atoms with E-state index in [1.54, 1.807) is 50.6 Å². The molecule has 8 heteroatoms. The molecule has 0 bridgehead atoms. The van der Waals surface area contributed by atoms with Crippen LogP contribution >= 0.6 is 0 Å². The predicted molar refractivity (Wildman–Crippen MR) is 134 cm³/mol. The van der Waals surface area contributed by atoms with Crippen LogP contribution in [0.25, 0.3) is 0 Å². The Hall–Kier alpha value is -2.94. The Kier molecular flexibility index (Phi) is 7.44. The van der Waals surface area contributed by atoms with E-state index in [-0.39, 0.29) is 16.8 Å². The minimum Gasteiger partial charge on any atom is -0.493 e. The van der Waals surface area contributed by atoms with E-state index < -0.39 is 16.1 Å². The number of hydrogen-bond donors (Lipinski definition) is 1. The molecule has 4 rings (SSSR count). The Bertz CT molecular complexity index is 1280. The third-order valence-electron chi connectivity index (χ3n) is 6.47. The van der Waals surface area contributed by atoms with E-state index in [1.807, 2.05) is 26.0 Å². The highest BCUT2D eigenvalue weighted by Crippen LogP contribution is 2.40. The lowest BCUT2D eigenvalue weighted by molar-refractivity contribution is 0.150. The van der Waals surface area contributed by atoms with Gasteiger partial charge in [0.25, 0.3) is 0 Å². The van der Waals surface area contributed by atoms with Crippen molar-refractivity contribution in [1.82, 2.24) is 9.62 Å². The van der Waals surface area contributed by atoms with Gasteiger partial charge in [0.1, 0.15) is 5.82 Å². The molecular weight excluding hydrogens is 467 g/mol. The molecule has 1 aliphatic heterocycles. The topological polar surface area (TPSA) is 67.9 Å². The number of benzene rings is 3. The summed E-state index contributed by atoms with van der Waals surface area (Å²) >= 11 is 0. The van der Waals surface area contributed by atoms with Gasteiger partial charge in [0.05, 0.1) is 25.2 Å². The maximum absolute atomic E-state index is 13.5. The molecule has 1 N–H and O–H groups in total. The van der Waals surface area contributed by atoms with Crippen molar-refractivity contribution in [1.29, 1.82) is 0 Å². The van der Waals surface area contributed by atoms with Crippen LogP contribution < -0.4 is 14.2 Å². The molecule has 0 spiro atoms. The van der Waals surface area contributed by atoms with Crippen molar-refractivity contribution in [2.45, 2.75) is 43.8 Å². The first-order valence-electron chi connectivity index (χ1n) is 11.5. The van der Waals surface area contributed by atoms with Crippen LogP contribution in [0, 0.1) is 12.7 Å². The van der Waals surface area contributed by atoms with Crippen LogP contribution in [-0.2, 0) is 23.0 Å². The zero-order valence-electron chi connectivity index (χ0n) is 20.4. The van der Waals surface area contributed by atoms with Crippen molar-refractivity contribution >= 4 is 10.0 Å². The molecule has 186 valence electrons. The van der Waals surface area contributed by atoms with E-state index >= 15 is 0 Å². The maximum Gasteiger partial charge on any atom is 0.240 e. The van der Waals surface area contributed by atoms with Crippen LogP contribution in [-0.4, -0.2) is 40.1 Å². The second-order valence-electron chi connectivity index (χ2n) is 8.92. The lowest BCUT2D eigenvalue weighted by atomic mass is 9.88. The van der Waals surface area contributed by atoms with Crippen molar-refractivity contribution in [2.75, 3.05) is 20.8 Å². The van der Waals surface area contributed by atoms with Crippen LogP contribution in [0.3, 0.4) is 0 Å². The lowest BCUT2D eigenvalue weighted by Gasteiger charge is -2.41. The summed E-state index contributed by atoms with van der Waals surface area (Å²) in [5, 5.41) is 0. The zero-order valence-corrected chi connectivity index (χ0v) is 21.2. The van der Waals surface area contributed by atoms with Crippen LogP contribution in [0.2, 0.25) is 0 Å². The Labute approximate surface area is 206 Å². The SMILES string of the molecule is COc1cc2c(cc1OC)[C@@H]([C@@H](C)NS(=O)(=O)c1ccc(C)cc1)N(Cc1ccc(F)cc1)CC2. The number of fused-ring (bicyclic) bond motifs is 1. The van der Waals surface area contributed by atoms with Crippen molar-refractivity contribution < 1.29 is 22.3 Å². The Balaban J connectivity index is 1.71. The molecule has 2 atom stereocenters. The first-order valence-corrected chi connectivity index (χ1v) is 13.0. The molecule has 6 nitrogen and oxygen atoms in total.